The first-order valence-corrected chi connectivity index (χ1v) is 7.78. The molecule has 3 rings (SSSR count). The standard InChI is InChI=1S/C11H18N4O3S/c1-6-13-8(5-15(6)2)19(16,17)14-10-9(12)7-3-4-18-11(7)10/h5,7,9-11,14H,3-4,12H2,1-2H3. The summed E-state index contributed by atoms with van der Waals surface area (Å²) in [7, 11) is -1.88. The van der Waals surface area contributed by atoms with Crippen molar-refractivity contribution >= 4 is 10.0 Å². The van der Waals surface area contributed by atoms with Crippen molar-refractivity contribution in [2.24, 2.45) is 18.7 Å². The fourth-order valence-electron chi connectivity index (χ4n) is 2.79. The van der Waals surface area contributed by atoms with Crippen LogP contribution in [0.3, 0.4) is 0 Å². The lowest BCUT2D eigenvalue weighted by molar-refractivity contribution is -0.00926. The van der Waals surface area contributed by atoms with Gasteiger partial charge in [-0.2, -0.15) is 0 Å². The molecule has 3 N–H and O–H groups in total. The van der Waals surface area contributed by atoms with E-state index >= 15 is 0 Å². The minimum absolute atomic E-state index is 0.0288. The lowest BCUT2D eigenvalue weighted by Crippen LogP contribution is -2.68. The minimum atomic E-state index is -3.64. The van der Waals surface area contributed by atoms with Crippen LogP contribution in [0.15, 0.2) is 11.2 Å². The molecule has 1 aromatic heterocycles. The van der Waals surface area contributed by atoms with Gasteiger partial charge in [0.15, 0.2) is 5.03 Å². The predicted octanol–water partition coefficient (Wildman–Crippen LogP) is -0.879. The van der Waals surface area contributed by atoms with E-state index in [9.17, 15) is 8.42 Å². The third-order valence-corrected chi connectivity index (χ3v) is 5.43. The van der Waals surface area contributed by atoms with Crippen molar-refractivity contribution in [2.75, 3.05) is 6.61 Å². The fraction of sp³-hybridized carbons (Fsp3) is 0.727. The van der Waals surface area contributed by atoms with Gasteiger partial charge in [-0.25, -0.2) is 18.1 Å². The van der Waals surface area contributed by atoms with Gasteiger partial charge in [-0.1, -0.05) is 0 Å². The molecule has 0 amide bonds. The van der Waals surface area contributed by atoms with E-state index in [0.717, 1.165) is 6.42 Å². The Morgan fingerprint density at radius 2 is 2.32 bits per heavy atom. The van der Waals surface area contributed by atoms with Gasteiger partial charge in [-0.05, 0) is 13.3 Å². The fourth-order valence-corrected chi connectivity index (χ4v) is 4.11. The summed E-state index contributed by atoms with van der Waals surface area (Å²) in [6.07, 6.45) is 2.32. The van der Waals surface area contributed by atoms with Crippen molar-refractivity contribution in [3.8, 4) is 0 Å². The lowest BCUT2D eigenvalue weighted by Gasteiger charge is -2.45. The van der Waals surface area contributed by atoms with Crippen LogP contribution >= 0.6 is 0 Å². The average Bonchev–Trinajstić information content (AvgIpc) is 2.92. The van der Waals surface area contributed by atoms with Gasteiger partial charge in [0.25, 0.3) is 10.0 Å². The molecule has 2 aliphatic rings. The number of hydrogen-bond donors (Lipinski definition) is 2. The number of aryl methyl sites for hydroxylation is 2. The van der Waals surface area contributed by atoms with E-state index in [0.29, 0.717) is 12.4 Å². The Morgan fingerprint density at radius 3 is 2.95 bits per heavy atom. The molecule has 4 unspecified atom stereocenters. The monoisotopic (exact) mass is 286 g/mol. The Balaban J connectivity index is 1.79. The number of hydrogen-bond acceptors (Lipinski definition) is 5. The summed E-state index contributed by atoms with van der Waals surface area (Å²) in [6.45, 7) is 2.41. The molecule has 1 saturated heterocycles. The van der Waals surface area contributed by atoms with Gasteiger partial charge in [0, 0.05) is 31.8 Å². The van der Waals surface area contributed by atoms with Gasteiger partial charge in [0.2, 0.25) is 0 Å². The molecule has 19 heavy (non-hydrogen) atoms. The number of aromatic nitrogens is 2. The molecule has 2 heterocycles. The van der Waals surface area contributed by atoms with Gasteiger partial charge < -0.3 is 15.0 Å². The van der Waals surface area contributed by atoms with Gasteiger partial charge >= 0.3 is 0 Å². The zero-order valence-electron chi connectivity index (χ0n) is 10.9. The largest absolute Gasteiger partial charge is 0.376 e. The minimum Gasteiger partial charge on any atom is -0.376 e. The molecule has 1 saturated carbocycles. The number of fused-ring (bicyclic) bond motifs is 1. The van der Waals surface area contributed by atoms with E-state index < -0.39 is 10.0 Å². The average molecular weight is 286 g/mol. The summed E-state index contributed by atoms with van der Waals surface area (Å²) in [5.74, 6) is 0.923. The first-order chi connectivity index (χ1) is 8.90. The van der Waals surface area contributed by atoms with Crippen LogP contribution in [-0.2, 0) is 21.8 Å². The summed E-state index contributed by atoms with van der Waals surface area (Å²) in [6, 6.07) is -0.521. The number of ether oxygens (including phenoxy) is 1. The Labute approximate surface area is 112 Å². The third-order valence-electron chi connectivity index (χ3n) is 4.10. The molecule has 1 aromatic rings. The highest BCUT2D eigenvalue weighted by Gasteiger charge is 2.53. The number of sulfonamides is 1. The lowest BCUT2D eigenvalue weighted by atomic mass is 9.73. The van der Waals surface area contributed by atoms with E-state index in [-0.39, 0.29) is 29.1 Å². The van der Waals surface area contributed by atoms with E-state index in [1.165, 1.54) is 6.20 Å². The SMILES string of the molecule is Cc1nc(S(=O)(=O)NC2C(N)C3CCOC32)cn1C. The van der Waals surface area contributed by atoms with Crippen LogP contribution in [0.2, 0.25) is 0 Å². The van der Waals surface area contributed by atoms with Crippen LogP contribution in [0.1, 0.15) is 12.2 Å². The number of nitrogens with one attached hydrogen (secondary N) is 1. The van der Waals surface area contributed by atoms with Crippen LogP contribution in [0.4, 0.5) is 0 Å². The van der Waals surface area contributed by atoms with Gasteiger partial charge in [-0.3, -0.25) is 0 Å². The zero-order chi connectivity index (χ0) is 13.8. The van der Waals surface area contributed by atoms with E-state index in [2.05, 4.69) is 9.71 Å². The molecule has 0 bridgehead atoms. The van der Waals surface area contributed by atoms with Crippen LogP contribution in [0.25, 0.3) is 0 Å². The molecule has 0 aromatic carbocycles. The van der Waals surface area contributed by atoms with Crippen LogP contribution in [-0.4, -0.2) is 42.8 Å². The molecule has 1 aliphatic carbocycles. The second-order valence-electron chi connectivity index (χ2n) is 5.25. The molecule has 106 valence electrons. The van der Waals surface area contributed by atoms with Crippen molar-refractivity contribution in [1.29, 1.82) is 0 Å². The highest BCUT2D eigenvalue weighted by molar-refractivity contribution is 7.89. The molecule has 8 heteroatoms. The highest BCUT2D eigenvalue weighted by Crippen LogP contribution is 2.38. The molecule has 0 radical (unpaired) electrons. The van der Waals surface area contributed by atoms with Crippen molar-refractivity contribution in [3.63, 3.8) is 0 Å². The molecule has 1 aliphatic heterocycles. The maximum absolute atomic E-state index is 12.2. The number of nitrogens with zero attached hydrogens (tertiary/aromatic N) is 2. The van der Waals surface area contributed by atoms with E-state index in [1.54, 1.807) is 18.5 Å². The van der Waals surface area contributed by atoms with Crippen molar-refractivity contribution in [1.82, 2.24) is 14.3 Å². The molecule has 7 nitrogen and oxygen atoms in total. The van der Waals surface area contributed by atoms with Crippen LogP contribution in [0.5, 0.6) is 0 Å². The molecule has 2 fully saturated rings. The number of rotatable bonds is 3. The summed E-state index contributed by atoms with van der Waals surface area (Å²) in [4.78, 5) is 4.03. The van der Waals surface area contributed by atoms with Gasteiger partial charge in [0.1, 0.15) is 5.82 Å². The normalized spacial score (nSPS) is 34.1. The summed E-state index contributed by atoms with van der Waals surface area (Å²) >= 11 is 0. The van der Waals surface area contributed by atoms with Gasteiger partial charge in [-0.15, -0.1) is 0 Å². The van der Waals surface area contributed by atoms with Gasteiger partial charge in [0.05, 0.1) is 12.1 Å². The number of nitrogens with two attached hydrogens (primary N) is 1. The molecular weight excluding hydrogens is 268 g/mol. The van der Waals surface area contributed by atoms with Crippen LogP contribution < -0.4 is 10.5 Å². The second-order valence-corrected chi connectivity index (χ2v) is 6.91. The van der Waals surface area contributed by atoms with Crippen LogP contribution in [0, 0.1) is 12.8 Å². The first kappa shape index (κ1) is 13.0. The maximum Gasteiger partial charge on any atom is 0.259 e. The Hall–Kier alpha value is -0.960. The summed E-state index contributed by atoms with van der Waals surface area (Å²) in [5.41, 5.74) is 6.00. The number of imidazole rings is 1. The Bertz CT molecular complexity index is 578. The van der Waals surface area contributed by atoms with Crippen molar-refractivity contribution in [3.05, 3.63) is 12.0 Å². The maximum atomic E-state index is 12.2. The third kappa shape index (κ3) is 1.99. The van der Waals surface area contributed by atoms with Crippen molar-refractivity contribution < 1.29 is 13.2 Å². The quantitative estimate of drug-likeness (QED) is 0.752. The molecule has 4 atom stereocenters. The smallest absolute Gasteiger partial charge is 0.259 e. The second kappa shape index (κ2) is 4.27. The summed E-state index contributed by atoms with van der Waals surface area (Å²) < 4.78 is 34.3. The molecular formula is C11H18N4O3S. The zero-order valence-corrected chi connectivity index (χ0v) is 11.7. The first-order valence-electron chi connectivity index (χ1n) is 6.29. The predicted molar refractivity (Wildman–Crippen MR) is 67.9 cm³/mol. The molecule has 0 spiro atoms. The van der Waals surface area contributed by atoms with E-state index in [1.807, 2.05) is 0 Å². The summed E-state index contributed by atoms with van der Waals surface area (Å²) in [5, 5.41) is 0.0288. The van der Waals surface area contributed by atoms with Crippen molar-refractivity contribution in [2.45, 2.75) is 36.6 Å². The van der Waals surface area contributed by atoms with E-state index in [4.69, 9.17) is 10.5 Å². The highest BCUT2D eigenvalue weighted by atomic mass is 32.2. The topological polar surface area (TPSA) is 99.2 Å². The Morgan fingerprint density at radius 1 is 1.58 bits per heavy atom. The Kier molecular flexibility index (Phi) is 2.93.